The fraction of sp³-hybridized carbons (Fsp3) is 0.192. The average Bonchev–Trinajstić information content (AvgIpc) is 2.87. The summed E-state index contributed by atoms with van der Waals surface area (Å²) in [6, 6.07) is 20.2. The molecule has 1 fully saturated rings. The van der Waals surface area contributed by atoms with Gasteiger partial charge in [0, 0.05) is 37.4 Å². The Morgan fingerprint density at radius 1 is 1.00 bits per heavy atom. The molecule has 7 nitrogen and oxygen atoms in total. The minimum absolute atomic E-state index is 0.0598. The molecule has 172 valence electrons. The molecule has 0 atom stereocenters. The van der Waals surface area contributed by atoms with Crippen molar-refractivity contribution in [2.24, 2.45) is 0 Å². The highest BCUT2D eigenvalue weighted by molar-refractivity contribution is 6.30. The SMILES string of the molecule is O=C(CN1C(=O)/C(=C\c2cccc(Cl)c2)Oc2ccccc21)N1CCN(c2ccccn2)CC1. The van der Waals surface area contributed by atoms with Crippen molar-refractivity contribution >= 4 is 41.0 Å². The van der Waals surface area contributed by atoms with E-state index in [4.69, 9.17) is 16.3 Å². The van der Waals surface area contributed by atoms with Crippen LogP contribution in [0.2, 0.25) is 5.02 Å². The summed E-state index contributed by atoms with van der Waals surface area (Å²) in [5.41, 5.74) is 1.32. The number of hydrogen-bond acceptors (Lipinski definition) is 5. The lowest BCUT2D eigenvalue weighted by molar-refractivity contribution is -0.131. The molecule has 3 aromatic rings. The van der Waals surface area contributed by atoms with E-state index in [1.807, 2.05) is 42.5 Å². The summed E-state index contributed by atoms with van der Waals surface area (Å²) in [6.07, 6.45) is 3.41. The summed E-state index contributed by atoms with van der Waals surface area (Å²) in [5, 5.41) is 0.565. The molecule has 1 aromatic heterocycles. The maximum atomic E-state index is 13.3. The third-order valence-electron chi connectivity index (χ3n) is 5.88. The lowest BCUT2D eigenvalue weighted by atomic mass is 10.1. The molecule has 0 radical (unpaired) electrons. The zero-order chi connectivity index (χ0) is 23.5. The monoisotopic (exact) mass is 474 g/mol. The molecule has 0 spiro atoms. The van der Waals surface area contributed by atoms with E-state index in [-0.39, 0.29) is 24.1 Å². The van der Waals surface area contributed by atoms with Gasteiger partial charge in [0.2, 0.25) is 5.91 Å². The highest BCUT2D eigenvalue weighted by atomic mass is 35.5. The molecule has 2 aliphatic rings. The van der Waals surface area contributed by atoms with E-state index in [9.17, 15) is 9.59 Å². The second kappa shape index (κ2) is 9.57. The highest BCUT2D eigenvalue weighted by Gasteiger charge is 2.33. The zero-order valence-corrected chi connectivity index (χ0v) is 19.2. The number of nitrogens with zero attached hydrogens (tertiary/aromatic N) is 4. The standard InChI is InChI=1S/C26H23ClN4O3/c27-20-7-5-6-19(16-20)17-23-26(33)31(21-8-1-2-9-22(21)34-23)18-25(32)30-14-12-29(13-15-30)24-10-3-4-11-28-24/h1-11,16-17H,12-15,18H2/b23-17+. The van der Waals surface area contributed by atoms with Gasteiger partial charge in [0.1, 0.15) is 12.4 Å². The molecule has 2 aromatic carbocycles. The minimum Gasteiger partial charge on any atom is -0.449 e. The number of pyridine rings is 1. The largest absolute Gasteiger partial charge is 0.449 e. The van der Waals surface area contributed by atoms with E-state index in [1.54, 1.807) is 41.4 Å². The molecule has 0 saturated carbocycles. The minimum atomic E-state index is -0.362. The lowest BCUT2D eigenvalue weighted by Gasteiger charge is -2.37. The Morgan fingerprint density at radius 3 is 2.56 bits per heavy atom. The van der Waals surface area contributed by atoms with Crippen LogP contribution in [0.3, 0.4) is 0 Å². The van der Waals surface area contributed by atoms with Gasteiger partial charge in [0.15, 0.2) is 11.5 Å². The maximum Gasteiger partial charge on any atom is 0.294 e. The van der Waals surface area contributed by atoms with Crippen LogP contribution in [0.4, 0.5) is 11.5 Å². The summed E-state index contributed by atoms with van der Waals surface area (Å²) in [7, 11) is 0. The van der Waals surface area contributed by atoms with Crippen molar-refractivity contribution in [1.82, 2.24) is 9.88 Å². The van der Waals surface area contributed by atoms with E-state index >= 15 is 0 Å². The predicted octanol–water partition coefficient (Wildman–Crippen LogP) is 3.85. The van der Waals surface area contributed by atoms with Crippen LogP contribution in [0.25, 0.3) is 6.08 Å². The summed E-state index contributed by atoms with van der Waals surface area (Å²) >= 11 is 6.09. The first-order valence-electron chi connectivity index (χ1n) is 11.1. The van der Waals surface area contributed by atoms with E-state index in [2.05, 4.69) is 9.88 Å². The first-order valence-corrected chi connectivity index (χ1v) is 11.5. The highest BCUT2D eigenvalue weighted by Crippen LogP contribution is 2.35. The van der Waals surface area contributed by atoms with Gasteiger partial charge in [-0.1, -0.05) is 41.9 Å². The number of hydrogen-bond donors (Lipinski definition) is 0. The van der Waals surface area contributed by atoms with Crippen molar-refractivity contribution in [3.63, 3.8) is 0 Å². The quantitative estimate of drug-likeness (QED) is 0.537. The second-order valence-corrected chi connectivity index (χ2v) is 8.52. The second-order valence-electron chi connectivity index (χ2n) is 8.08. The Kier molecular flexibility index (Phi) is 6.18. The molecular weight excluding hydrogens is 452 g/mol. The van der Waals surface area contributed by atoms with Gasteiger partial charge in [-0.05, 0) is 48.0 Å². The topological polar surface area (TPSA) is 66.0 Å². The molecule has 1 saturated heterocycles. The summed E-state index contributed by atoms with van der Waals surface area (Å²) < 4.78 is 5.90. The number of para-hydroxylation sites is 2. The lowest BCUT2D eigenvalue weighted by Crippen LogP contribution is -2.52. The zero-order valence-electron chi connectivity index (χ0n) is 18.4. The van der Waals surface area contributed by atoms with Gasteiger partial charge in [0.05, 0.1) is 5.69 Å². The number of aromatic nitrogens is 1. The van der Waals surface area contributed by atoms with Gasteiger partial charge >= 0.3 is 0 Å². The Balaban J connectivity index is 1.33. The van der Waals surface area contributed by atoms with Crippen molar-refractivity contribution < 1.29 is 14.3 Å². The molecule has 0 N–H and O–H groups in total. The van der Waals surface area contributed by atoms with E-state index in [0.717, 1.165) is 11.4 Å². The van der Waals surface area contributed by atoms with E-state index < -0.39 is 0 Å². The molecule has 2 amide bonds. The number of benzene rings is 2. The number of amides is 2. The fourth-order valence-corrected chi connectivity index (χ4v) is 4.33. The first kappa shape index (κ1) is 22.0. The molecule has 5 rings (SSSR count). The van der Waals surface area contributed by atoms with Crippen LogP contribution in [0.5, 0.6) is 5.75 Å². The predicted molar refractivity (Wildman–Crippen MR) is 132 cm³/mol. The molecule has 2 aliphatic heterocycles. The van der Waals surface area contributed by atoms with Gasteiger partial charge in [-0.25, -0.2) is 4.98 Å². The Hall–Kier alpha value is -3.84. The molecule has 3 heterocycles. The number of anilines is 2. The number of fused-ring (bicyclic) bond motifs is 1. The van der Waals surface area contributed by atoms with Crippen molar-refractivity contribution in [3.8, 4) is 5.75 Å². The number of piperazine rings is 1. The van der Waals surface area contributed by atoms with Gasteiger partial charge in [0.25, 0.3) is 5.91 Å². The van der Waals surface area contributed by atoms with Crippen molar-refractivity contribution in [2.75, 3.05) is 42.5 Å². The van der Waals surface area contributed by atoms with Gasteiger partial charge in [-0.15, -0.1) is 0 Å². The summed E-state index contributed by atoms with van der Waals surface area (Å²) in [4.78, 5) is 36.4. The van der Waals surface area contributed by atoms with Gasteiger partial charge in [-0.3, -0.25) is 14.5 Å². The molecular formula is C26H23ClN4O3. The van der Waals surface area contributed by atoms with Gasteiger partial charge < -0.3 is 14.5 Å². The van der Waals surface area contributed by atoms with Crippen LogP contribution in [-0.2, 0) is 9.59 Å². The van der Waals surface area contributed by atoms with E-state index in [0.29, 0.717) is 42.6 Å². The van der Waals surface area contributed by atoms with E-state index in [1.165, 1.54) is 4.90 Å². The summed E-state index contributed by atoms with van der Waals surface area (Å²) in [6.45, 7) is 2.46. The Morgan fingerprint density at radius 2 is 1.79 bits per heavy atom. The normalized spacial score (nSPS) is 16.9. The number of carbonyl (C=O) groups excluding carboxylic acids is 2. The maximum absolute atomic E-state index is 13.3. The van der Waals surface area contributed by atoms with Crippen LogP contribution in [-0.4, -0.2) is 54.4 Å². The number of rotatable bonds is 4. The molecule has 8 heteroatoms. The van der Waals surface area contributed by atoms with Crippen LogP contribution < -0.4 is 14.5 Å². The number of ether oxygens (including phenoxy) is 1. The van der Waals surface area contributed by atoms with Crippen LogP contribution in [0.1, 0.15) is 5.56 Å². The molecule has 34 heavy (non-hydrogen) atoms. The third-order valence-corrected chi connectivity index (χ3v) is 6.11. The van der Waals surface area contributed by atoms with Crippen molar-refractivity contribution in [1.29, 1.82) is 0 Å². The Labute approximate surface area is 202 Å². The molecule has 0 aliphatic carbocycles. The van der Waals surface area contributed by atoms with Crippen molar-refractivity contribution in [2.45, 2.75) is 0 Å². The third kappa shape index (κ3) is 4.61. The number of halogens is 1. The van der Waals surface area contributed by atoms with Crippen LogP contribution >= 0.6 is 11.6 Å². The molecule has 0 bridgehead atoms. The fourth-order valence-electron chi connectivity index (χ4n) is 4.13. The van der Waals surface area contributed by atoms with Crippen molar-refractivity contribution in [3.05, 3.63) is 89.3 Å². The Bertz CT molecular complexity index is 1240. The smallest absolute Gasteiger partial charge is 0.294 e. The number of carbonyl (C=O) groups is 2. The van der Waals surface area contributed by atoms with Crippen LogP contribution in [0.15, 0.2) is 78.7 Å². The van der Waals surface area contributed by atoms with Gasteiger partial charge in [-0.2, -0.15) is 0 Å². The summed E-state index contributed by atoms with van der Waals surface area (Å²) in [5.74, 6) is 1.12. The van der Waals surface area contributed by atoms with Crippen LogP contribution in [0, 0.1) is 0 Å². The average molecular weight is 475 g/mol. The molecule has 0 unspecified atom stereocenters. The first-order chi connectivity index (χ1) is 16.6.